The molecule has 96 valence electrons. The van der Waals surface area contributed by atoms with Crippen molar-refractivity contribution < 1.29 is 8.78 Å². The normalized spacial score (nSPS) is 13.8. The van der Waals surface area contributed by atoms with Gasteiger partial charge in [-0.15, -0.1) is 0 Å². The molecule has 1 aromatic carbocycles. The molecule has 17 heavy (non-hydrogen) atoms. The van der Waals surface area contributed by atoms with E-state index in [1.165, 1.54) is 6.07 Å². The first-order valence-electron chi connectivity index (χ1n) is 5.72. The van der Waals surface area contributed by atoms with Crippen molar-refractivity contribution in [2.45, 2.75) is 39.7 Å². The molecule has 0 fully saturated rings. The first kappa shape index (κ1) is 14.1. The fourth-order valence-electron chi connectivity index (χ4n) is 1.89. The van der Waals surface area contributed by atoms with Crippen LogP contribution in [0, 0.1) is 17.0 Å². The number of benzene rings is 1. The van der Waals surface area contributed by atoms with Crippen LogP contribution in [0.4, 0.5) is 8.78 Å². The van der Waals surface area contributed by atoms with Gasteiger partial charge in [0.15, 0.2) is 0 Å². The van der Waals surface area contributed by atoms with Crippen LogP contribution in [-0.2, 0) is 6.42 Å². The van der Waals surface area contributed by atoms with E-state index in [-0.39, 0.29) is 17.3 Å². The molecule has 0 saturated carbocycles. The van der Waals surface area contributed by atoms with Gasteiger partial charge in [0.1, 0.15) is 11.6 Å². The number of hydrogen-bond acceptors (Lipinski definition) is 2. The SMILES string of the molecule is CC(C)(C)CC(Cc1cc(F)ccc1F)NN. The van der Waals surface area contributed by atoms with Gasteiger partial charge in [0.25, 0.3) is 0 Å². The van der Waals surface area contributed by atoms with Gasteiger partial charge in [-0.2, -0.15) is 0 Å². The zero-order chi connectivity index (χ0) is 13.1. The van der Waals surface area contributed by atoms with Gasteiger partial charge in [0.2, 0.25) is 0 Å². The molecule has 0 aliphatic heterocycles. The molecular formula is C13H20F2N2. The van der Waals surface area contributed by atoms with Crippen molar-refractivity contribution in [2.75, 3.05) is 0 Å². The highest BCUT2D eigenvalue weighted by atomic mass is 19.1. The second-order valence-electron chi connectivity index (χ2n) is 5.57. The first-order chi connectivity index (χ1) is 7.81. The van der Waals surface area contributed by atoms with Gasteiger partial charge < -0.3 is 0 Å². The van der Waals surface area contributed by atoms with Gasteiger partial charge in [0, 0.05) is 6.04 Å². The first-order valence-corrected chi connectivity index (χ1v) is 5.72. The Balaban J connectivity index is 2.77. The Kier molecular flexibility index (Phi) is 4.60. The summed E-state index contributed by atoms with van der Waals surface area (Å²) in [6.45, 7) is 6.25. The van der Waals surface area contributed by atoms with Gasteiger partial charge >= 0.3 is 0 Å². The average Bonchev–Trinajstić information content (AvgIpc) is 2.20. The van der Waals surface area contributed by atoms with E-state index in [1.807, 2.05) is 0 Å². The van der Waals surface area contributed by atoms with Crippen LogP contribution in [0.25, 0.3) is 0 Å². The summed E-state index contributed by atoms with van der Waals surface area (Å²) in [5.74, 6) is 4.64. The quantitative estimate of drug-likeness (QED) is 0.629. The molecule has 1 atom stereocenters. The van der Waals surface area contributed by atoms with Crippen LogP contribution in [0.2, 0.25) is 0 Å². The fraction of sp³-hybridized carbons (Fsp3) is 0.538. The van der Waals surface area contributed by atoms with Gasteiger partial charge in [-0.25, -0.2) is 8.78 Å². The largest absolute Gasteiger partial charge is 0.271 e. The Morgan fingerprint density at radius 3 is 2.47 bits per heavy atom. The molecule has 0 aromatic heterocycles. The third kappa shape index (κ3) is 4.79. The van der Waals surface area contributed by atoms with Crippen LogP contribution in [0.5, 0.6) is 0 Å². The summed E-state index contributed by atoms with van der Waals surface area (Å²) in [6, 6.07) is 3.43. The van der Waals surface area contributed by atoms with Crippen molar-refractivity contribution in [3.63, 3.8) is 0 Å². The Morgan fingerprint density at radius 1 is 1.29 bits per heavy atom. The molecule has 0 heterocycles. The van der Waals surface area contributed by atoms with Crippen molar-refractivity contribution in [3.05, 3.63) is 35.4 Å². The molecule has 0 bridgehead atoms. The number of halogens is 2. The minimum atomic E-state index is -0.423. The zero-order valence-electron chi connectivity index (χ0n) is 10.6. The maximum Gasteiger partial charge on any atom is 0.126 e. The van der Waals surface area contributed by atoms with Crippen molar-refractivity contribution in [1.82, 2.24) is 5.43 Å². The fourth-order valence-corrected chi connectivity index (χ4v) is 1.89. The predicted octanol–water partition coefficient (Wildman–Crippen LogP) is 2.78. The smallest absolute Gasteiger partial charge is 0.126 e. The molecule has 2 nitrogen and oxygen atoms in total. The van der Waals surface area contributed by atoms with E-state index in [1.54, 1.807) is 0 Å². The highest BCUT2D eigenvalue weighted by Crippen LogP contribution is 2.23. The van der Waals surface area contributed by atoms with Crippen molar-refractivity contribution in [3.8, 4) is 0 Å². The molecule has 1 rings (SSSR count). The summed E-state index contributed by atoms with van der Waals surface area (Å²) in [6.07, 6.45) is 1.18. The van der Waals surface area contributed by atoms with Crippen LogP contribution in [-0.4, -0.2) is 6.04 Å². The predicted molar refractivity (Wildman–Crippen MR) is 65.2 cm³/mol. The van der Waals surface area contributed by atoms with Gasteiger partial charge in [0.05, 0.1) is 0 Å². The van der Waals surface area contributed by atoms with Crippen LogP contribution in [0.3, 0.4) is 0 Å². The number of hydrazine groups is 1. The summed E-state index contributed by atoms with van der Waals surface area (Å²) >= 11 is 0. The lowest BCUT2D eigenvalue weighted by atomic mass is 9.86. The molecule has 0 spiro atoms. The van der Waals surface area contributed by atoms with E-state index in [0.29, 0.717) is 12.0 Å². The summed E-state index contributed by atoms with van der Waals surface area (Å²) in [5.41, 5.74) is 3.11. The van der Waals surface area contributed by atoms with Gasteiger partial charge in [-0.1, -0.05) is 20.8 Å². The summed E-state index contributed by atoms with van der Waals surface area (Å²) < 4.78 is 26.5. The molecular weight excluding hydrogens is 222 g/mol. The Morgan fingerprint density at radius 2 is 1.94 bits per heavy atom. The van der Waals surface area contributed by atoms with E-state index in [9.17, 15) is 8.78 Å². The molecule has 0 aliphatic carbocycles. The van der Waals surface area contributed by atoms with Crippen LogP contribution in [0.15, 0.2) is 18.2 Å². The molecule has 3 N–H and O–H groups in total. The van der Waals surface area contributed by atoms with E-state index in [0.717, 1.165) is 18.6 Å². The van der Waals surface area contributed by atoms with Crippen LogP contribution >= 0.6 is 0 Å². The lowest BCUT2D eigenvalue weighted by molar-refractivity contribution is 0.307. The molecule has 4 heteroatoms. The van der Waals surface area contributed by atoms with Crippen molar-refractivity contribution in [1.29, 1.82) is 0 Å². The Hall–Kier alpha value is -1.00. The molecule has 0 amide bonds. The molecule has 1 unspecified atom stereocenters. The van der Waals surface area contributed by atoms with Crippen LogP contribution < -0.4 is 11.3 Å². The molecule has 0 aliphatic rings. The molecule has 0 radical (unpaired) electrons. The third-order valence-corrected chi connectivity index (χ3v) is 2.57. The lowest BCUT2D eigenvalue weighted by Gasteiger charge is -2.25. The minimum absolute atomic E-state index is 0.0636. The third-order valence-electron chi connectivity index (χ3n) is 2.57. The second-order valence-corrected chi connectivity index (χ2v) is 5.57. The monoisotopic (exact) mass is 242 g/mol. The maximum absolute atomic E-state index is 13.5. The number of rotatable bonds is 4. The molecule has 0 saturated heterocycles. The summed E-state index contributed by atoms with van der Waals surface area (Å²) in [4.78, 5) is 0. The number of nitrogens with two attached hydrogens (primary N) is 1. The number of nitrogens with one attached hydrogen (secondary N) is 1. The van der Waals surface area contributed by atoms with Crippen molar-refractivity contribution >= 4 is 0 Å². The minimum Gasteiger partial charge on any atom is -0.271 e. The van der Waals surface area contributed by atoms with Gasteiger partial charge in [-0.05, 0) is 42.0 Å². The standard InChI is InChI=1S/C13H20F2N2/c1-13(2,3)8-11(17-16)7-9-6-10(14)4-5-12(9)15/h4-6,11,17H,7-8,16H2,1-3H3. The van der Waals surface area contributed by atoms with Crippen molar-refractivity contribution in [2.24, 2.45) is 11.3 Å². The van der Waals surface area contributed by atoms with Crippen LogP contribution in [0.1, 0.15) is 32.8 Å². The highest BCUT2D eigenvalue weighted by molar-refractivity contribution is 5.19. The topological polar surface area (TPSA) is 38.0 Å². The van der Waals surface area contributed by atoms with E-state index in [4.69, 9.17) is 5.84 Å². The average molecular weight is 242 g/mol. The second kappa shape index (κ2) is 5.56. The lowest BCUT2D eigenvalue weighted by Crippen LogP contribution is -2.39. The summed E-state index contributed by atoms with van der Waals surface area (Å²) in [7, 11) is 0. The van der Waals surface area contributed by atoms with E-state index in [2.05, 4.69) is 26.2 Å². The van der Waals surface area contributed by atoms with E-state index < -0.39 is 5.82 Å². The maximum atomic E-state index is 13.5. The summed E-state index contributed by atoms with van der Waals surface area (Å²) in [5, 5.41) is 0. The van der Waals surface area contributed by atoms with Gasteiger partial charge in [-0.3, -0.25) is 11.3 Å². The Labute approximate surface area is 101 Å². The highest BCUT2D eigenvalue weighted by Gasteiger charge is 2.19. The number of hydrogen-bond donors (Lipinski definition) is 2. The van der Waals surface area contributed by atoms with E-state index >= 15 is 0 Å². The molecule has 1 aromatic rings. The zero-order valence-corrected chi connectivity index (χ0v) is 10.6. The Bertz CT molecular complexity index is 372.